The molecule has 1 aliphatic heterocycles. The number of ether oxygens (including phenoxy) is 1. The SMILES string of the molecule is CCCNCCCC(C)OCC1CCCCN1C. The van der Waals surface area contributed by atoms with Gasteiger partial charge in [0.2, 0.25) is 0 Å². The van der Waals surface area contributed by atoms with E-state index in [9.17, 15) is 0 Å². The molecule has 3 nitrogen and oxygen atoms in total. The first-order valence-electron chi connectivity index (χ1n) is 7.76. The van der Waals surface area contributed by atoms with Crippen LogP contribution in [0.2, 0.25) is 0 Å². The standard InChI is InChI=1S/C15H32N2O/c1-4-10-16-11-7-8-14(2)18-13-15-9-5-6-12-17(15)3/h14-16H,4-13H2,1-3H3. The Morgan fingerprint density at radius 2 is 2.17 bits per heavy atom. The highest BCUT2D eigenvalue weighted by atomic mass is 16.5. The summed E-state index contributed by atoms with van der Waals surface area (Å²) < 4.78 is 5.99. The first-order chi connectivity index (χ1) is 8.74. The van der Waals surface area contributed by atoms with E-state index in [0.717, 1.165) is 19.7 Å². The molecule has 0 aromatic carbocycles. The molecule has 0 aromatic heterocycles. The van der Waals surface area contributed by atoms with Crippen molar-refractivity contribution in [3.05, 3.63) is 0 Å². The molecule has 1 aliphatic rings. The fourth-order valence-corrected chi connectivity index (χ4v) is 2.53. The highest BCUT2D eigenvalue weighted by Crippen LogP contribution is 2.16. The van der Waals surface area contributed by atoms with Gasteiger partial charge in [0.25, 0.3) is 0 Å². The summed E-state index contributed by atoms with van der Waals surface area (Å²) in [5, 5.41) is 3.44. The lowest BCUT2D eigenvalue weighted by molar-refractivity contribution is 0.00795. The second-order valence-corrected chi connectivity index (χ2v) is 5.67. The normalized spacial score (nSPS) is 23.2. The summed E-state index contributed by atoms with van der Waals surface area (Å²) in [6.45, 7) is 8.85. The van der Waals surface area contributed by atoms with Crippen molar-refractivity contribution in [3.63, 3.8) is 0 Å². The number of nitrogens with one attached hydrogen (secondary N) is 1. The van der Waals surface area contributed by atoms with Crippen LogP contribution < -0.4 is 5.32 Å². The second kappa shape index (κ2) is 9.76. The Bertz CT molecular complexity index is 199. The van der Waals surface area contributed by atoms with Gasteiger partial charge in [-0.2, -0.15) is 0 Å². The Morgan fingerprint density at radius 3 is 2.89 bits per heavy atom. The Labute approximate surface area is 113 Å². The van der Waals surface area contributed by atoms with Crippen molar-refractivity contribution in [1.82, 2.24) is 10.2 Å². The van der Waals surface area contributed by atoms with Gasteiger partial charge in [0.1, 0.15) is 0 Å². The molecule has 0 aromatic rings. The zero-order chi connectivity index (χ0) is 13.2. The molecule has 108 valence electrons. The number of hydrogen-bond acceptors (Lipinski definition) is 3. The van der Waals surface area contributed by atoms with Crippen molar-refractivity contribution in [2.24, 2.45) is 0 Å². The predicted octanol–water partition coefficient (Wildman–Crippen LogP) is 2.66. The number of likely N-dealkylation sites (tertiary alicyclic amines) is 1. The van der Waals surface area contributed by atoms with E-state index < -0.39 is 0 Å². The third-order valence-electron chi connectivity index (χ3n) is 3.89. The molecule has 1 heterocycles. The Hall–Kier alpha value is -0.120. The molecule has 0 amide bonds. The average Bonchev–Trinajstić information content (AvgIpc) is 2.37. The van der Waals surface area contributed by atoms with Crippen LogP contribution in [0.25, 0.3) is 0 Å². The third-order valence-corrected chi connectivity index (χ3v) is 3.89. The zero-order valence-corrected chi connectivity index (χ0v) is 12.6. The van der Waals surface area contributed by atoms with Crippen LogP contribution in [0, 0.1) is 0 Å². The molecule has 0 aliphatic carbocycles. The van der Waals surface area contributed by atoms with Crippen molar-refractivity contribution in [1.29, 1.82) is 0 Å². The molecule has 1 rings (SSSR count). The molecule has 1 N–H and O–H groups in total. The van der Waals surface area contributed by atoms with Gasteiger partial charge in [-0.25, -0.2) is 0 Å². The van der Waals surface area contributed by atoms with E-state index in [1.54, 1.807) is 0 Å². The van der Waals surface area contributed by atoms with Crippen LogP contribution >= 0.6 is 0 Å². The molecule has 0 spiro atoms. The summed E-state index contributed by atoms with van der Waals surface area (Å²) >= 11 is 0. The maximum Gasteiger partial charge on any atom is 0.0625 e. The van der Waals surface area contributed by atoms with Crippen LogP contribution in [0.3, 0.4) is 0 Å². The molecule has 2 atom stereocenters. The number of piperidine rings is 1. The van der Waals surface area contributed by atoms with E-state index in [1.807, 2.05) is 0 Å². The molecule has 18 heavy (non-hydrogen) atoms. The van der Waals surface area contributed by atoms with Gasteiger partial charge in [0, 0.05) is 6.04 Å². The van der Waals surface area contributed by atoms with Crippen molar-refractivity contribution in [2.75, 3.05) is 33.3 Å². The van der Waals surface area contributed by atoms with Crippen LogP contribution in [0.1, 0.15) is 52.4 Å². The highest BCUT2D eigenvalue weighted by Gasteiger charge is 2.19. The first kappa shape index (κ1) is 15.9. The van der Waals surface area contributed by atoms with Crippen molar-refractivity contribution >= 4 is 0 Å². The quantitative estimate of drug-likeness (QED) is 0.642. The van der Waals surface area contributed by atoms with Crippen LogP contribution in [-0.2, 0) is 4.74 Å². The van der Waals surface area contributed by atoms with E-state index >= 15 is 0 Å². The topological polar surface area (TPSA) is 24.5 Å². The summed E-state index contributed by atoms with van der Waals surface area (Å²) in [5.41, 5.74) is 0. The minimum absolute atomic E-state index is 0.406. The number of nitrogens with zero attached hydrogens (tertiary/aromatic N) is 1. The summed E-state index contributed by atoms with van der Waals surface area (Å²) in [7, 11) is 2.23. The lowest BCUT2D eigenvalue weighted by Crippen LogP contribution is -2.40. The first-order valence-corrected chi connectivity index (χ1v) is 7.76. The van der Waals surface area contributed by atoms with E-state index in [-0.39, 0.29) is 0 Å². The highest BCUT2D eigenvalue weighted by molar-refractivity contribution is 4.74. The van der Waals surface area contributed by atoms with Gasteiger partial charge in [-0.05, 0) is 65.7 Å². The van der Waals surface area contributed by atoms with Gasteiger partial charge in [0.15, 0.2) is 0 Å². The molecule has 0 radical (unpaired) electrons. The minimum atomic E-state index is 0.406. The van der Waals surface area contributed by atoms with Gasteiger partial charge < -0.3 is 15.0 Å². The maximum absolute atomic E-state index is 5.99. The third kappa shape index (κ3) is 6.72. The zero-order valence-electron chi connectivity index (χ0n) is 12.6. The largest absolute Gasteiger partial charge is 0.377 e. The molecule has 2 unspecified atom stereocenters. The van der Waals surface area contributed by atoms with E-state index in [0.29, 0.717) is 12.1 Å². The maximum atomic E-state index is 5.99. The lowest BCUT2D eigenvalue weighted by Gasteiger charge is -2.33. The smallest absolute Gasteiger partial charge is 0.0625 e. The van der Waals surface area contributed by atoms with Crippen molar-refractivity contribution < 1.29 is 4.74 Å². The van der Waals surface area contributed by atoms with E-state index in [4.69, 9.17) is 4.74 Å². The van der Waals surface area contributed by atoms with Gasteiger partial charge >= 0.3 is 0 Å². The molecular weight excluding hydrogens is 224 g/mol. The summed E-state index contributed by atoms with van der Waals surface area (Å²) in [6, 6.07) is 0.652. The fraction of sp³-hybridized carbons (Fsp3) is 1.00. The monoisotopic (exact) mass is 256 g/mol. The van der Waals surface area contributed by atoms with Gasteiger partial charge in [-0.1, -0.05) is 13.3 Å². The molecule has 0 bridgehead atoms. The Morgan fingerprint density at radius 1 is 1.33 bits per heavy atom. The summed E-state index contributed by atoms with van der Waals surface area (Å²) in [4.78, 5) is 2.46. The number of rotatable bonds is 9. The van der Waals surface area contributed by atoms with Crippen molar-refractivity contribution in [2.45, 2.75) is 64.5 Å². The Balaban J connectivity index is 2.00. The predicted molar refractivity (Wildman–Crippen MR) is 78.1 cm³/mol. The lowest BCUT2D eigenvalue weighted by atomic mass is 10.0. The summed E-state index contributed by atoms with van der Waals surface area (Å²) in [6.07, 6.45) is 8.05. The minimum Gasteiger partial charge on any atom is -0.377 e. The molecular formula is C15H32N2O. The molecule has 0 saturated carbocycles. The van der Waals surface area contributed by atoms with Crippen molar-refractivity contribution in [3.8, 4) is 0 Å². The second-order valence-electron chi connectivity index (χ2n) is 5.67. The molecule has 1 saturated heterocycles. The van der Waals surface area contributed by atoms with Crippen LogP contribution in [0.5, 0.6) is 0 Å². The number of hydrogen-bond donors (Lipinski definition) is 1. The van der Waals surface area contributed by atoms with E-state index in [1.165, 1.54) is 45.1 Å². The van der Waals surface area contributed by atoms with Gasteiger partial charge in [-0.3, -0.25) is 0 Å². The summed E-state index contributed by atoms with van der Waals surface area (Å²) in [5.74, 6) is 0. The van der Waals surface area contributed by atoms with Crippen LogP contribution in [0.4, 0.5) is 0 Å². The Kier molecular flexibility index (Phi) is 8.64. The van der Waals surface area contributed by atoms with Crippen LogP contribution in [-0.4, -0.2) is 50.3 Å². The molecule has 1 fully saturated rings. The van der Waals surface area contributed by atoms with Gasteiger partial charge in [0.05, 0.1) is 12.7 Å². The van der Waals surface area contributed by atoms with Gasteiger partial charge in [-0.15, -0.1) is 0 Å². The fourth-order valence-electron chi connectivity index (χ4n) is 2.53. The average molecular weight is 256 g/mol. The van der Waals surface area contributed by atoms with E-state index in [2.05, 4.69) is 31.1 Å². The number of likely N-dealkylation sites (N-methyl/N-ethyl adjacent to an activating group) is 1. The molecule has 3 heteroatoms. The van der Waals surface area contributed by atoms with Crippen LogP contribution in [0.15, 0.2) is 0 Å².